The molecule has 1 atom stereocenters. The molecular formula is C21H27N3O. The van der Waals surface area contributed by atoms with Crippen LogP contribution in [0.4, 0.5) is 5.82 Å². The molecule has 0 spiro atoms. The first-order chi connectivity index (χ1) is 12.1. The molecule has 0 saturated carbocycles. The molecular weight excluding hydrogens is 310 g/mol. The average Bonchev–Trinajstić information content (AvgIpc) is 2.61. The van der Waals surface area contributed by atoms with Crippen LogP contribution in [0.1, 0.15) is 52.7 Å². The second-order valence-electron chi connectivity index (χ2n) is 7.39. The Balaban J connectivity index is 1.65. The van der Waals surface area contributed by atoms with E-state index >= 15 is 0 Å². The van der Waals surface area contributed by atoms with Crippen LogP contribution in [0.2, 0.25) is 0 Å². The fourth-order valence-corrected chi connectivity index (χ4v) is 4.17. The van der Waals surface area contributed by atoms with E-state index in [-0.39, 0.29) is 6.10 Å². The fourth-order valence-electron chi connectivity index (χ4n) is 4.17. The molecule has 1 aromatic carbocycles. The van der Waals surface area contributed by atoms with Crippen LogP contribution in [0.15, 0.2) is 18.2 Å². The number of fused-ring (bicyclic) bond motifs is 1. The Labute approximate surface area is 150 Å². The number of aromatic nitrogens is 2. The van der Waals surface area contributed by atoms with Gasteiger partial charge in [-0.15, -0.1) is 0 Å². The minimum absolute atomic E-state index is 0.115. The zero-order valence-corrected chi connectivity index (χ0v) is 15.5. The molecule has 1 aromatic heterocycles. The van der Waals surface area contributed by atoms with E-state index in [9.17, 15) is 0 Å². The predicted molar refractivity (Wildman–Crippen MR) is 100 cm³/mol. The van der Waals surface area contributed by atoms with Gasteiger partial charge >= 0.3 is 0 Å². The summed E-state index contributed by atoms with van der Waals surface area (Å²) in [6, 6.07) is 6.65. The van der Waals surface area contributed by atoms with Gasteiger partial charge in [0, 0.05) is 24.3 Å². The van der Waals surface area contributed by atoms with Crippen molar-refractivity contribution in [2.75, 3.05) is 24.6 Å². The largest absolute Gasteiger partial charge is 0.370 e. The van der Waals surface area contributed by atoms with Gasteiger partial charge < -0.3 is 9.64 Å². The number of aryl methyl sites for hydroxylation is 4. The van der Waals surface area contributed by atoms with Crippen molar-refractivity contribution in [2.45, 2.75) is 52.6 Å². The summed E-state index contributed by atoms with van der Waals surface area (Å²) < 4.78 is 6.13. The standard InChI is InChI=1S/C21H27N3O/c1-14-8-9-17(15(2)12-14)20-13-24(10-11-25-20)21-18-6-4-5-7-19(18)22-16(3)23-21/h8-9,12,20H,4-7,10-11,13H2,1-3H3. The number of benzene rings is 1. The minimum Gasteiger partial charge on any atom is -0.370 e. The van der Waals surface area contributed by atoms with Gasteiger partial charge in [0.15, 0.2) is 0 Å². The number of nitrogens with zero attached hydrogens (tertiary/aromatic N) is 3. The monoisotopic (exact) mass is 337 g/mol. The maximum Gasteiger partial charge on any atom is 0.135 e. The third-order valence-electron chi connectivity index (χ3n) is 5.41. The molecule has 4 rings (SSSR count). The molecule has 1 fully saturated rings. The van der Waals surface area contributed by atoms with Gasteiger partial charge in [0.1, 0.15) is 17.7 Å². The van der Waals surface area contributed by atoms with E-state index in [1.165, 1.54) is 40.8 Å². The van der Waals surface area contributed by atoms with Crippen LogP contribution in [0.25, 0.3) is 0 Å². The summed E-state index contributed by atoms with van der Waals surface area (Å²) in [5, 5.41) is 0. The van der Waals surface area contributed by atoms with Crippen LogP contribution in [0, 0.1) is 20.8 Å². The van der Waals surface area contributed by atoms with E-state index in [4.69, 9.17) is 14.7 Å². The lowest BCUT2D eigenvalue weighted by molar-refractivity contribution is 0.0390. The normalized spacial score (nSPS) is 20.4. The molecule has 2 aliphatic rings. The number of hydrogen-bond acceptors (Lipinski definition) is 4. The Morgan fingerprint density at radius 2 is 1.92 bits per heavy atom. The first-order valence-corrected chi connectivity index (χ1v) is 9.42. The van der Waals surface area contributed by atoms with E-state index in [1.54, 1.807) is 0 Å². The van der Waals surface area contributed by atoms with Crippen molar-refractivity contribution in [3.05, 3.63) is 52.0 Å². The predicted octanol–water partition coefficient (Wildman–Crippen LogP) is 3.86. The highest BCUT2D eigenvalue weighted by Crippen LogP contribution is 2.32. The number of rotatable bonds is 2. The molecule has 1 aliphatic carbocycles. The zero-order valence-electron chi connectivity index (χ0n) is 15.5. The summed E-state index contributed by atoms with van der Waals surface area (Å²) in [5.41, 5.74) is 6.55. The van der Waals surface area contributed by atoms with Crippen LogP contribution >= 0.6 is 0 Å². The Bertz CT molecular complexity index is 787. The first kappa shape index (κ1) is 16.5. The number of hydrogen-bond donors (Lipinski definition) is 0. The van der Waals surface area contributed by atoms with E-state index < -0.39 is 0 Å². The topological polar surface area (TPSA) is 38.2 Å². The average molecular weight is 337 g/mol. The van der Waals surface area contributed by atoms with Crippen LogP contribution in [0.3, 0.4) is 0 Å². The lowest BCUT2D eigenvalue weighted by Crippen LogP contribution is -2.40. The van der Waals surface area contributed by atoms with Gasteiger partial charge in [-0.2, -0.15) is 0 Å². The van der Waals surface area contributed by atoms with Crippen molar-refractivity contribution >= 4 is 5.82 Å². The molecule has 0 bridgehead atoms. The Hall–Kier alpha value is -1.94. The molecule has 4 nitrogen and oxygen atoms in total. The van der Waals surface area contributed by atoms with Gasteiger partial charge in [0.05, 0.1) is 6.61 Å². The molecule has 0 amide bonds. The lowest BCUT2D eigenvalue weighted by atomic mass is 9.95. The Morgan fingerprint density at radius 1 is 1.08 bits per heavy atom. The molecule has 0 radical (unpaired) electrons. The summed E-state index contributed by atoms with van der Waals surface area (Å²) in [7, 11) is 0. The second kappa shape index (κ2) is 6.75. The zero-order chi connectivity index (χ0) is 17.4. The lowest BCUT2D eigenvalue weighted by Gasteiger charge is -2.36. The quantitative estimate of drug-likeness (QED) is 0.834. The van der Waals surface area contributed by atoms with Gasteiger partial charge in [-0.25, -0.2) is 9.97 Å². The van der Waals surface area contributed by atoms with Crippen molar-refractivity contribution in [1.29, 1.82) is 0 Å². The van der Waals surface area contributed by atoms with Gasteiger partial charge in [0.25, 0.3) is 0 Å². The molecule has 1 aliphatic heterocycles. The van der Waals surface area contributed by atoms with Gasteiger partial charge in [-0.3, -0.25) is 0 Å². The molecule has 2 aromatic rings. The Kier molecular flexibility index (Phi) is 4.46. The van der Waals surface area contributed by atoms with Crippen LogP contribution < -0.4 is 4.90 Å². The molecule has 0 N–H and O–H groups in total. The molecule has 4 heteroatoms. The van der Waals surface area contributed by atoms with Crippen molar-refractivity contribution < 1.29 is 4.74 Å². The van der Waals surface area contributed by atoms with Crippen LogP contribution in [-0.2, 0) is 17.6 Å². The minimum atomic E-state index is 0.115. The SMILES string of the molecule is Cc1ccc(C2CN(c3nc(C)nc4c3CCCC4)CCO2)c(C)c1. The fraction of sp³-hybridized carbons (Fsp3) is 0.524. The highest BCUT2D eigenvalue weighted by Gasteiger charge is 2.27. The molecule has 1 unspecified atom stereocenters. The third kappa shape index (κ3) is 3.28. The number of ether oxygens (including phenoxy) is 1. The summed E-state index contributed by atoms with van der Waals surface area (Å²) in [4.78, 5) is 12.0. The Morgan fingerprint density at radius 3 is 2.76 bits per heavy atom. The third-order valence-corrected chi connectivity index (χ3v) is 5.41. The van der Waals surface area contributed by atoms with Crippen molar-refractivity contribution in [1.82, 2.24) is 9.97 Å². The van der Waals surface area contributed by atoms with E-state index in [0.717, 1.165) is 44.2 Å². The molecule has 1 saturated heterocycles. The van der Waals surface area contributed by atoms with Crippen molar-refractivity contribution in [3.8, 4) is 0 Å². The maximum atomic E-state index is 6.13. The van der Waals surface area contributed by atoms with Crippen molar-refractivity contribution in [2.24, 2.45) is 0 Å². The highest BCUT2D eigenvalue weighted by atomic mass is 16.5. The number of anilines is 1. The van der Waals surface area contributed by atoms with E-state index in [0.29, 0.717) is 0 Å². The smallest absolute Gasteiger partial charge is 0.135 e. The number of morpholine rings is 1. The van der Waals surface area contributed by atoms with Gasteiger partial charge in [0.2, 0.25) is 0 Å². The summed E-state index contributed by atoms with van der Waals surface area (Å²) in [5.74, 6) is 2.05. The van der Waals surface area contributed by atoms with Crippen LogP contribution in [0.5, 0.6) is 0 Å². The summed E-state index contributed by atoms with van der Waals surface area (Å²) in [6.07, 6.45) is 4.81. The van der Waals surface area contributed by atoms with Crippen LogP contribution in [-0.4, -0.2) is 29.7 Å². The molecule has 2 heterocycles. The molecule has 25 heavy (non-hydrogen) atoms. The maximum absolute atomic E-state index is 6.13. The highest BCUT2D eigenvalue weighted by molar-refractivity contribution is 5.51. The molecule has 132 valence electrons. The summed E-state index contributed by atoms with van der Waals surface area (Å²) >= 11 is 0. The summed E-state index contributed by atoms with van der Waals surface area (Å²) in [6.45, 7) is 8.86. The van der Waals surface area contributed by atoms with Gasteiger partial charge in [-0.05, 0) is 57.6 Å². The second-order valence-corrected chi connectivity index (χ2v) is 7.39. The van der Waals surface area contributed by atoms with Gasteiger partial charge in [-0.1, -0.05) is 23.8 Å². The first-order valence-electron chi connectivity index (χ1n) is 9.42. The van der Waals surface area contributed by atoms with E-state index in [1.807, 2.05) is 6.92 Å². The van der Waals surface area contributed by atoms with Crippen molar-refractivity contribution in [3.63, 3.8) is 0 Å². The van der Waals surface area contributed by atoms with E-state index in [2.05, 4.69) is 36.9 Å².